The highest BCUT2D eigenvalue weighted by molar-refractivity contribution is 14.0. The summed E-state index contributed by atoms with van der Waals surface area (Å²) in [4.78, 5) is 3.96. The maximum Gasteiger partial charge on any atom is 0.191 e. The number of aliphatic imine (C=N–C) groups is 1. The SMILES string of the molecule is CCNC(=NCc1c(F)c(F)cc(F)c1F)NCC(O)c1cccc(OC(C)C)c1.I. The molecule has 0 fully saturated rings. The molecule has 0 radical (unpaired) electrons. The largest absolute Gasteiger partial charge is 0.491 e. The van der Waals surface area contributed by atoms with Gasteiger partial charge in [0.2, 0.25) is 0 Å². The van der Waals surface area contributed by atoms with Crippen LogP contribution in [0.5, 0.6) is 5.75 Å². The number of aliphatic hydroxyl groups is 1. The summed E-state index contributed by atoms with van der Waals surface area (Å²) < 4.78 is 59.9. The monoisotopic (exact) mass is 555 g/mol. The molecule has 172 valence electrons. The van der Waals surface area contributed by atoms with Crippen LogP contribution in [0.3, 0.4) is 0 Å². The molecule has 31 heavy (non-hydrogen) atoms. The summed E-state index contributed by atoms with van der Waals surface area (Å²) in [5, 5.41) is 16.1. The summed E-state index contributed by atoms with van der Waals surface area (Å²) >= 11 is 0. The molecule has 0 spiro atoms. The fourth-order valence-corrected chi connectivity index (χ4v) is 2.64. The van der Waals surface area contributed by atoms with Crippen LogP contribution in [0.25, 0.3) is 0 Å². The molecule has 0 aliphatic carbocycles. The van der Waals surface area contributed by atoms with Crippen molar-refractivity contribution in [2.45, 2.75) is 39.5 Å². The Balaban J connectivity index is 0.00000480. The first-order valence-corrected chi connectivity index (χ1v) is 9.51. The molecule has 0 saturated carbocycles. The van der Waals surface area contributed by atoms with Crippen LogP contribution in [0.2, 0.25) is 0 Å². The maximum absolute atomic E-state index is 13.8. The van der Waals surface area contributed by atoms with E-state index in [-0.39, 0.29) is 48.7 Å². The summed E-state index contributed by atoms with van der Waals surface area (Å²) in [7, 11) is 0. The number of halogens is 5. The topological polar surface area (TPSA) is 65.9 Å². The lowest BCUT2D eigenvalue weighted by Crippen LogP contribution is -2.39. The molecule has 0 bridgehead atoms. The van der Waals surface area contributed by atoms with Crippen molar-refractivity contribution in [2.24, 2.45) is 4.99 Å². The lowest BCUT2D eigenvalue weighted by molar-refractivity contribution is 0.179. The van der Waals surface area contributed by atoms with Crippen molar-refractivity contribution in [2.75, 3.05) is 13.1 Å². The first-order valence-electron chi connectivity index (χ1n) is 9.51. The van der Waals surface area contributed by atoms with E-state index in [9.17, 15) is 22.7 Å². The molecule has 0 aliphatic rings. The van der Waals surface area contributed by atoms with Gasteiger partial charge in [0.1, 0.15) is 5.75 Å². The van der Waals surface area contributed by atoms with Crippen molar-refractivity contribution in [3.8, 4) is 5.75 Å². The van der Waals surface area contributed by atoms with Gasteiger partial charge in [-0.3, -0.25) is 0 Å². The van der Waals surface area contributed by atoms with E-state index in [2.05, 4.69) is 15.6 Å². The quantitative estimate of drug-likeness (QED) is 0.148. The minimum Gasteiger partial charge on any atom is -0.491 e. The molecule has 0 aliphatic heterocycles. The molecule has 1 unspecified atom stereocenters. The second-order valence-electron chi connectivity index (χ2n) is 6.78. The Bertz CT molecular complexity index is 871. The van der Waals surface area contributed by atoms with Gasteiger partial charge in [0, 0.05) is 19.2 Å². The zero-order valence-corrected chi connectivity index (χ0v) is 19.7. The molecule has 2 aromatic rings. The molecule has 3 N–H and O–H groups in total. The van der Waals surface area contributed by atoms with Gasteiger partial charge in [0.15, 0.2) is 29.2 Å². The van der Waals surface area contributed by atoms with Crippen LogP contribution in [-0.4, -0.2) is 30.3 Å². The van der Waals surface area contributed by atoms with Gasteiger partial charge in [-0.15, -0.1) is 24.0 Å². The lowest BCUT2D eigenvalue weighted by Gasteiger charge is -2.17. The van der Waals surface area contributed by atoms with E-state index in [1.807, 2.05) is 13.8 Å². The third-order valence-electron chi connectivity index (χ3n) is 4.02. The average Bonchev–Trinajstić information content (AvgIpc) is 2.69. The molecule has 1 atom stereocenters. The number of nitrogens with zero attached hydrogens (tertiary/aromatic N) is 1. The second-order valence-corrected chi connectivity index (χ2v) is 6.78. The Morgan fingerprint density at radius 3 is 2.29 bits per heavy atom. The van der Waals surface area contributed by atoms with Crippen molar-refractivity contribution >= 4 is 29.9 Å². The Labute approximate surface area is 195 Å². The van der Waals surface area contributed by atoms with Gasteiger partial charge in [0.05, 0.1) is 24.3 Å². The maximum atomic E-state index is 13.8. The number of guanidine groups is 1. The van der Waals surface area contributed by atoms with Crippen molar-refractivity contribution in [1.82, 2.24) is 10.6 Å². The van der Waals surface area contributed by atoms with Crippen molar-refractivity contribution in [1.29, 1.82) is 0 Å². The second kappa shape index (κ2) is 12.7. The van der Waals surface area contributed by atoms with Gasteiger partial charge in [0.25, 0.3) is 0 Å². The van der Waals surface area contributed by atoms with Gasteiger partial charge in [-0.05, 0) is 38.5 Å². The fraction of sp³-hybridized carbons (Fsp3) is 0.381. The Morgan fingerprint density at radius 1 is 1.06 bits per heavy atom. The number of nitrogens with one attached hydrogen (secondary N) is 2. The van der Waals surface area contributed by atoms with E-state index >= 15 is 0 Å². The van der Waals surface area contributed by atoms with E-state index in [0.29, 0.717) is 17.9 Å². The van der Waals surface area contributed by atoms with Gasteiger partial charge < -0.3 is 20.5 Å². The standard InChI is InChI=1S/C21H25F4N3O2.HI/c1-4-26-21(27-10-15-19(24)16(22)9-17(23)20(15)25)28-11-18(29)13-6-5-7-14(8-13)30-12(2)3;/h5-9,12,18,29H,4,10-11H2,1-3H3,(H2,26,27,28);1H. The first-order chi connectivity index (χ1) is 14.2. The van der Waals surface area contributed by atoms with Crippen LogP contribution in [0.1, 0.15) is 38.0 Å². The summed E-state index contributed by atoms with van der Waals surface area (Å²) in [5.74, 6) is -5.23. The molecule has 10 heteroatoms. The molecular weight excluding hydrogens is 529 g/mol. The molecular formula is C21H26F4IN3O2. The number of hydrogen-bond donors (Lipinski definition) is 3. The van der Waals surface area contributed by atoms with E-state index in [1.165, 1.54) is 0 Å². The normalized spacial score (nSPS) is 12.4. The van der Waals surface area contributed by atoms with Crippen LogP contribution < -0.4 is 15.4 Å². The minimum absolute atomic E-state index is 0. The predicted molar refractivity (Wildman–Crippen MR) is 122 cm³/mol. The highest BCUT2D eigenvalue weighted by Gasteiger charge is 2.19. The summed E-state index contributed by atoms with van der Waals surface area (Å²) in [5.41, 5.74) is -0.218. The number of benzene rings is 2. The molecule has 0 heterocycles. The van der Waals surface area contributed by atoms with Gasteiger partial charge in [-0.2, -0.15) is 0 Å². The number of hydrogen-bond acceptors (Lipinski definition) is 3. The summed E-state index contributed by atoms with van der Waals surface area (Å²) in [6.07, 6.45) is -0.943. The predicted octanol–water partition coefficient (Wildman–Crippen LogP) is 4.44. The smallest absolute Gasteiger partial charge is 0.191 e. The molecule has 2 rings (SSSR count). The minimum atomic E-state index is -1.49. The lowest BCUT2D eigenvalue weighted by atomic mass is 10.1. The van der Waals surface area contributed by atoms with Crippen LogP contribution in [0.15, 0.2) is 35.3 Å². The fourth-order valence-electron chi connectivity index (χ4n) is 2.64. The zero-order chi connectivity index (χ0) is 22.3. The number of rotatable bonds is 8. The van der Waals surface area contributed by atoms with Gasteiger partial charge in [-0.25, -0.2) is 22.6 Å². The van der Waals surface area contributed by atoms with E-state index in [0.717, 1.165) is 0 Å². The van der Waals surface area contributed by atoms with Crippen molar-refractivity contribution in [3.63, 3.8) is 0 Å². The highest BCUT2D eigenvalue weighted by Crippen LogP contribution is 2.21. The van der Waals surface area contributed by atoms with Crippen LogP contribution in [0.4, 0.5) is 17.6 Å². The summed E-state index contributed by atoms with van der Waals surface area (Å²) in [6, 6.07) is 7.10. The first kappa shape index (κ1) is 27.0. The zero-order valence-electron chi connectivity index (χ0n) is 17.4. The van der Waals surface area contributed by atoms with Gasteiger partial charge in [-0.1, -0.05) is 12.1 Å². The molecule has 5 nitrogen and oxygen atoms in total. The van der Waals surface area contributed by atoms with Crippen molar-refractivity contribution < 1.29 is 27.4 Å². The van der Waals surface area contributed by atoms with Gasteiger partial charge >= 0.3 is 0 Å². The Morgan fingerprint density at radius 2 is 1.71 bits per heavy atom. The van der Waals surface area contributed by atoms with Crippen LogP contribution in [0, 0.1) is 23.3 Å². The molecule has 0 aromatic heterocycles. The molecule has 0 amide bonds. The average molecular weight is 555 g/mol. The van der Waals surface area contributed by atoms with Crippen LogP contribution >= 0.6 is 24.0 Å². The van der Waals surface area contributed by atoms with E-state index in [1.54, 1.807) is 31.2 Å². The van der Waals surface area contributed by atoms with Crippen LogP contribution in [-0.2, 0) is 6.54 Å². The molecule has 0 saturated heterocycles. The third-order valence-corrected chi connectivity index (χ3v) is 4.02. The summed E-state index contributed by atoms with van der Waals surface area (Å²) in [6.45, 7) is 5.36. The Hall–Kier alpha value is -2.08. The van der Waals surface area contributed by atoms with E-state index in [4.69, 9.17) is 4.74 Å². The van der Waals surface area contributed by atoms with Crippen molar-refractivity contribution in [3.05, 3.63) is 64.7 Å². The Kier molecular flexibility index (Phi) is 11.0. The third kappa shape index (κ3) is 7.84. The molecule has 2 aromatic carbocycles. The van der Waals surface area contributed by atoms with E-state index < -0.39 is 41.5 Å². The highest BCUT2D eigenvalue weighted by atomic mass is 127. The number of aliphatic hydroxyl groups excluding tert-OH is 1. The number of ether oxygens (including phenoxy) is 1.